The van der Waals surface area contributed by atoms with Crippen LogP contribution in [0.3, 0.4) is 0 Å². The highest BCUT2D eigenvalue weighted by atomic mass is 19.1. The number of aromatic nitrogens is 2. The van der Waals surface area contributed by atoms with E-state index < -0.39 is 0 Å². The molecule has 0 fully saturated rings. The lowest BCUT2D eigenvalue weighted by molar-refractivity contribution is 0.466. The normalized spacial score (nSPS) is 12.8. The third-order valence-electron chi connectivity index (χ3n) is 2.99. The van der Waals surface area contributed by atoms with Crippen molar-refractivity contribution in [1.82, 2.24) is 9.97 Å². The van der Waals surface area contributed by atoms with Gasteiger partial charge in [0.25, 0.3) is 0 Å². The van der Waals surface area contributed by atoms with Crippen molar-refractivity contribution in [2.24, 2.45) is 0 Å². The number of aryl methyl sites for hydroxylation is 1. The van der Waals surface area contributed by atoms with Crippen LogP contribution in [-0.2, 0) is 0 Å². The van der Waals surface area contributed by atoms with Gasteiger partial charge in [-0.3, -0.25) is 0 Å². The van der Waals surface area contributed by atoms with Crippen LogP contribution in [-0.4, -0.2) is 9.97 Å². The first-order chi connectivity index (χ1) is 9.11. The average molecular weight is 259 g/mol. The molecule has 0 aliphatic carbocycles. The van der Waals surface area contributed by atoms with E-state index >= 15 is 0 Å². The number of nitrogens with zero attached hydrogens (tertiary/aromatic N) is 1. The van der Waals surface area contributed by atoms with Crippen molar-refractivity contribution in [2.45, 2.75) is 19.9 Å². The summed E-state index contributed by atoms with van der Waals surface area (Å²) >= 11 is 0. The van der Waals surface area contributed by atoms with Gasteiger partial charge in [-0.1, -0.05) is 0 Å². The number of furan rings is 1. The summed E-state index contributed by atoms with van der Waals surface area (Å²) in [6.07, 6.45) is 0. The summed E-state index contributed by atoms with van der Waals surface area (Å²) in [6.45, 7) is 3.88. The second-order valence-corrected chi connectivity index (χ2v) is 4.56. The van der Waals surface area contributed by atoms with E-state index in [-0.39, 0.29) is 11.9 Å². The van der Waals surface area contributed by atoms with Gasteiger partial charge in [0.05, 0.1) is 17.1 Å². The fourth-order valence-electron chi connectivity index (χ4n) is 2.01. The fourth-order valence-corrected chi connectivity index (χ4v) is 2.01. The summed E-state index contributed by atoms with van der Waals surface area (Å²) in [4.78, 5) is 7.39. The van der Waals surface area contributed by atoms with Crippen LogP contribution in [0.5, 0.6) is 0 Å². The van der Waals surface area contributed by atoms with Crippen molar-refractivity contribution in [3.05, 3.63) is 47.7 Å². The third kappa shape index (κ3) is 2.31. The second kappa shape index (κ2) is 4.42. The van der Waals surface area contributed by atoms with Crippen molar-refractivity contribution in [2.75, 3.05) is 5.32 Å². The molecule has 4 nitrogen and oxygen atoms in total. The van der Waals surface area contributed by atoms with Gasteiger partial charge in [-0.05, 0) is 44.2 Å². The summed E-state index contributed by atoms with van der Waals surface area (Å²) in [5.41, 5.74) is 1.40. The SMILES string of the molecule is Cc1ccc(C(C)Nc2nc3ccc(F)cc3[nH]2)o1. The summed E-state index contributed by atoms with van der Waals surface area (Å²) in [6, 6.07) is 8.30. The number of fused-ring (bicyclic) bond motifs is 1. The molecule has 1 unspecified atom stereocenters. The summed E-state index contributed by atoms with van der Waals surface area (Å²) in [5.74, 6) is 2.03. The molecule has 0 amide bonds. The number of rotatable bonds is 3. The number of aromatic amines is 1. The van der Waals surface area contributed by atoms with Crippen LogP contribution >= 0.6 is 0 Å². The van der Waals surface area contributed by atoms with Crippen molar-refractivity contribution >= 4 is 17.0 Å². The summed E-state index contributed by atoms with van der Waals surface area (Å²) in [7, 11) is 0. The van der Waals surface area contributed by atoms with E-state index in [1.165, 1.54) is 12.1 Å². The minimum atomic E-state index is -0.280. The minimum Gasteiger partial charge on any atom is -0.464 e. The molecule has 0 aliphatic rings. The Morgan fingerprint density at radius 1 is 1.32 bits per heavy atom. The number of hydrogen-bond donors (Lipinski definition) is 2. The molecular weight excluding hydrogens is 245 g/mol. The van der Waals surface area contributed by atoms with E-state index in [1.807, 2.05) is 26.0 Å². The molecule has 2 N–H and O–H groups in total. The maximum atomic E-state index is 13.1. The van der Waals surface area contributed by atoms with Crippen LogP contribution in [0.4, 0.5) is 10.3 Å². The quantitative estimate of drug-likeness (QED) is 0.752. The van der Waals surface area contributed by atoms with Gasteiger partial charge in [-0.15, -0.1) is 0 Å². The Bertz CT molecular complexity index is 716. The molecule has 1 atom stereocenters. The molecule has 3 rings (SSSR count). The molecular formula is C14H14FN3O. The molecule has 5 heteroatoms. The van der Waals surface area contributed by atoms with Gasteiger partial charge in [-0.2, -0.15) is 0 Å². The highest BCUT2D eigenvalue weighted by Gasteiger charge is 2.11. The monoisotopic (exact) mass is 259 g/mol. The van der Waals surface area contributed by atoms with E-state index in [0.29, 0.717) is 11.5 Å². The van der Waals surface area contributed by atoms with Gasteiger partial charge < -0.3 is 14.7 Å². The highest BCUT2D eigenvalue weighted by Crippen LogP contribution is 2.21. The van der Waals surface area contributed by atoms with Gasteiger partial charge in [0, 0.05) is 0 Å². The van der Waals surface area contributed by atoms with Gasteiger partial charge in [-0.25, -0.2) is 9.37 Å². The Morgan fingerprint density at radius 3 is 2.89 bits per heavy atom. The molecule has 19 heavy (non-hydrogen) atoms. The van der Waals surface area contributed by atoms with Gasteiger partial charge in [0.15, 0.2) is 0 Å². The zero-order valence-corrected chi connectivity index (χ0v) is 10.7. The molecule has 3 aromatic rings. The number of anilines is 1. The fraction of sp³-hybridized carbons (Fsp3) is 0.214. The molecule has 0 spiro atoms. The molecule has 2 heterocycles. The van der Waals surface area contributed by atoms with E-state index in [9.17, 15) is 4.39 Å². The van der Waals surface area contributed by atoms with E-state index in [0.717, 1.165) is 17.0 Å². The van der Waals surface area contributed by atoms with Crippen LogP contribution in [0, 0.1) is 12.7 Å². The standard InChI is InChI=1S/C14H14FN3O/c1-8-3-6-13(19-8)9(2)16-14-17-11-5-4-10(15)7-12(11)18-14/h3-7,9H,1-2H3,(H2,16,17,18). The Morgan fingerprint density at radius 2 is 2.16 bits per heavy atom. The molecule has 98 valence electrons. The largest absolute Gasteiger partial charge is 0.464 e. The van der Waals surface area contributed by atoms with Crippen LogP contribution in [0.15, 0.2) is 34.7 Å². The summed E-state index contributed by atoms with van der Waals surface area (Å²) < 4.78 is 18.6. The lowest BCUT2D eigenvalue weighted by Gasteiger charge is -2.09. The zero-order valence-electron chi connectivity index (χ0n) is 10.7. The highest BCUT2D eigenvalue weighted by molar-refractivity contribution is 5.77. The summed E-state index contributed by atoms with van der Waals surface area (Å²) in [5, 5.41) is 3.20. The third-order valence-corrected chi connectivity index (χ3v) is 2.99. The Hall–Kier alpha value is -2.30. The first-order valence-electron chi connectivity index (χ1n) is 6.10. The maximum absolute atomic E-state index is 13.1. The number of hydrogen-bond acceptors (Lipinski definition) is 3. The molecule has 0 saturated carbocycles. The molecule has 0 saturated heterocycles. The number of nitrogens with one attached hydrogen (secondary N) is 2. The molecule has 0 bridgehead atoms. The van der Waals surface area contributed by atoms with Crippen LogP contribution in [0.25, 0.3) is 11.0 Å². The van der Waals surface area contributed by atoms with Crippen molar-refractivity contribution in [3.63, 3.8) is 0 Å². The molecule has 0 radical (unpaired) electrons. The molecule has 0 aliphatic heterocycles. The first kappa shape index (κ1) is 11.8. The number of halogens is 1. The molecule has 2 aromatic heterocycles. The zero-order chi connectivity index (χ0) is 13.4. The first-order valence-corrected chi connectivity index (χ1v) is 6.10. The minimum absolute atomic E-state index is 0.0147. The number of H-pyrrole nitrogens is 1. The molecule has 1 aromatic carbocycles. The smallest absolute Gasteiger partial charge is 0.201 e. The van der Waals surface area contributed by atoms with Crippen LogP contribution in [0.2, 0.25) is 0 Å². The van der Waals surface area contributed by atoms with E-state index in [2.05, 4.69) is 15.3 Å². The van der Waals surface area contributed by atoms with Gasteiger partial charge in [0.2, 0.25) is 5.95 Å². The van der Waals surface area contributed by atoms with Crippen molar-refractivity contribution < 1.29 is 8.81 Å². The average Bonchev–Trinajstić information content (AvgIpc) is 2.94. The van der Waals surface area contributed by atoms with Crippen molar-refractivity contribution in [1.29, 1.82) is 0 Å². The second-order valence-electron chi connectivity index (χ2n) is 4.56. The van der Waals surface area contributed by atoms with Gasteiger partial charge in [0.1, 0.15) is 17.3 Å². The van der Waals surface area contributed by atoms with Gasteiger partial charge >= 0.3 is 0 Å². The topological polar surface area (TPSA) is 53.9 Å². The van der Waals surface area contributed by atoms with Crippen molar-refractivity contribution in [3.8, 4) is 0 Å². The lowest BCUT2D eigenvalue weighted by atomic mass is 10.2. The predicted molar refractivity (Wildman–Crippen MR) is 71.5 cm³/mol. The number of benzene rings is 1. The lowest BCUT2D eigenvalue weighted by Crippen LogP contribution is -2.06. The maximum Gasteiger partial charge on any atom is 0.201 e. The van der Waals surface area contributed by atoms with Crippen LogP contribution < -0.4 is 5.32 Å². The Labute approximate surface area is 109 Å². The predicted octanol–water partition coefficient (Wildman–Crippen LogP) is 3.78. The Kier molecular flexibility index (Phi) is 2.74. The Balaban J connectivity index is 1.85. The number of imidazole rings is 1. The van der Waals surface area contributed by atoms with E-state index in [1.54, 1.807) is 6.07 Å². The van der Waals surface area contributed by atoms with Crippen LogP contribution in [0.1, 0.15) is 24.5 Å². The van der Waals surface area contributed by atoms with E-state index in [4.69, 9.17) is 4.42 Å².